The van der Waals surface area contributed by atoms with Crippen molar-refractivity contribution in [2.75, 3.05) is 0 Å². The normalized spacial score (nSPS) is 10.8. The number of carbonyl (C=O) groups excluding carboxylic acids is 1. The summed E-state index contributed by atoms with van der Waals surface area (Å²) < 4.78 is 0. The molecule has 1 N–H and O–H groups in total. The predicted octanol–water partition coefficient (Wildman–Crippen LogP) is 3.90. The van der Waals surface area contributed by atoms with Gasteiger partial charge in [-0.1, -0.05) is 36.5 Å². The van der Waals surface area contributed by atoms with Crippen LogP contribution in [0.15, 0.2) is 23.3 Å². The van der Waals surface area contributed by atoms with E-state index in [0.29, 0.717) is 15.6 Å². The van der Waals surface area contributed by atoms with Gasteiger partial charge in [0.15, 0.2) is 0 Å². The van der Waals surface area contributed by atoms with Crippen molar-refractivity contribution in [3.05, 3.63) is 33.8 Å². The number of halogens is 2. The summed E-state index contributed by atoms with van der Waals surface area (Å²) in [7, 11) is 0. The molecule has 0 aliphatic rings. The summed E-state index contributed by atoms with van der Waals surface area (Å²) in [5.41, 5.74) is 2.79. The Morgan fingerprint density at radius 2 is 2.24 bits per heavy atom. The summed E-state index contributed by atoms with van der Waals surface area (Å²) in [6.07, 6.45) is 4.69. The molecule has 3 nitrogen and oxygen atoms in total. The maximum absolute atomic E-state index is 11.7. The molecule has 0 saturated carbocycles. The molecule has 1 rings (SSSR count). The fourth-order valence-electron chi connectivity index (χ4n) is 1.20. The smallest absolute Gasteiger partial charge is 0.267 e. The average molecular weight is 273 g/mol. The maximum atomic E-state index is 11.7. The zero-order chi connectivity index (χ0) is 12.7. The highest BCUT2D eigenvalue weighted by Gasteiger charge is 2.09. The third-order valence-corrected chi connectivity index (χ3v) is 2.67. The zero-order valence-corrected chi connectivity index (χ0v) is 11.1. The van der Waals surface area contributed by atoms with Crippen LogP contribution in [-0.2, 0) is 0 Å². The number of carbonyl (C=O) groups is 1. The third-order valence-electron chi connectivity index (χ3n) is 2.12. The SMILES string of the molecule is CCCCC=NNC(=O)c1ccc(Cl)cc1Cl. The summed E-state index contributed by atoms with van der Waals surface area (Å²) in [5.74, 6) is -0.334. The van der Waals surface area contributed by atoms with Gasteiger partial charge in [-0.05, 0) is 31.0 Å². The van der Waals surface area contributed by atoms with Crippen LogP contribution >= 0.6 is 23.2 Å². The van der Waals surface area contributed by atoms with E-state index in [4.69, 9.17) is 23.2 Å². The summed E-state index contributed by atoms with van der Waals surface area (Å²) in [6.45, 7) is 2.10. The molecule has 0 radical (unpaired) electrons. The van der Waals surface area contributed by atoms with E-state index < -0.39 is 0 Å². The lowest BCUT2D eigenvalue weighted by Crippen LogP contribution is -2.17. The first-order valence-corrected chi connectivity index (χ1v) is 6.17. The minimum atomic E-state index is -0.334. The predicted molar refractivity (Wildman–Crippen MR) is 71.9 cm³/mol. The highest BCUT2D eigenvalue weighted by atomic mass is 35.5. The molecule has 17 heavy (non-hydrogen) atoms. The highest BCUT2D eigenvalue weighted by molar-refractivity contribution is 6.36. The van der Waals surface area contributed by atoms with E-state index in [2.05, 4.69) is 17.5 Å². The van der Waals surface area contributed by atoms with Gasteiger partial charge in [-0.2, -0.15) is 5.10 Å². The van der Waals surface area contributed by atoms with Crippen molar-refractivity contribution in [3.63, 3.8) is 0 Å². The number of hydrazone groups is 1. The Bertz CT molecular complexity index is 419. The molecular weight excluding hydrogens is 259 g/mol. The zero-order valence-electron chi connectivity index (χ0n) is 9.54. The Morgan fingerprint density at radius 1 is 1.47 bits per heavy atom. The van der Waals surface area contributed by atoms with Crippen LogP contribution in [0.1, 0.15) is 36.5 Å². The van der Waals surface area contributed by atoms with Gasteiger partial charge in [0.25, 0.3) is 5.91 Å². The molecule has 0 aliphatic heterocycles. The Labute approximate surface area is 111 Å². The van der Waals surface area contributed by atoms with Gasteiger partial charge in [-0.3, -0.25) is 4.79 Å². The van der Waals surface area contributed by atoms with Crippen molar-refractivity contribution >= 4 is 35.3 Å². The monoisotopic (exact) mass is 272 g/mol. The van der Waals surface area contributed by atoms with E-state index in [1.165, 1.54) is 6.07 Å². The van der Waals surface area contributed by atoms with Crippen LogP contribution in [0.3, 0.4) is 0 Å². The number of benzene rings is 1. The fourth-order valence-corrected chi connectivity index (χ4v) is 1.69. The van der Waals surface area contributed by atoms with E-state index in [1.807, 2.05) is 0 Å². The van der Waals surface area contributed by atoms with Gasteiger partial charge in [0, 0.05) is 11.2 Å². The first-order valence-electron chi connectivity index (χ1n) is 5.42. The van der Waals surface area contributed by atoms with Crippen molar-refractivity contribution in [2.45, 2.75) is 26.2 Å². The molecule has 92 valence electrons. The summed E-state index contributed by atoms with van der Waals surface area (Å²) in [5, 5.41) is 4.65. The van der Waals surface area contributed by atoms with E-state index >= 15 is 0 Å². The lowest BCUT2D eigenvalue weighted by atomic mass is 10.2. The lowest BCUT2D eigenvalue weighted by molar-refractivity contribution is 0.0955. The standard InChI is InChI=1S/C12H14Cl2N2O/c1-2-3-4-7-15-16-12(17)10-6-5-9(13)8-11(10)14/h5-8H,2-4H2,1H3,(H,16,17). The van der Waals surface area contributed by atoms with Gasteiger partial charge < -0.3 is 0 Å². The van der Waals surface area contributed by atoms with E-state index in [0.717, 1.165) is 19.3 Å². The van der Waals surface area contributed by atoms with E-state index in [1.54, 1.807) is 18.3 Å². The van der Waals surface area contributed by atoms with Gasteiger partial charge in [0.1, 0.15) is 0 Å². The minimum absolute atomic E-state index is 0.318. The number of nitrogens with zero attached hydrogens (tertiary/aromatic N) is 1. The van der Waals surface area contributed by atoms with Crippen molar-refractivity contribution in [2.24, 2.45) is 5.10 Å². The second-order valence-corrected chi connectivity index (χ2v) is 4.36. The van der Waals surface area contributed by atoms with Crippen LogP contribution in [0.5, 0.6) is 0 Å². The molecule has 0 aliphatic carbocycles. The molecular formula is C12H14Cl2N2O. The molecule has 0 fully saturated rings. The van der Waals surface area contributed by atoms with Crippen molar-refractivity contribution in [3.8, 4) is 0 Å². The summed E-state index contributed by atoms with van der Waals surface area (Å²) in [4.78, 5) is 11.7. The number of nitrogens with one attached hydrogen (secondary N) is 1. The van der Waals surface area contributed by atoms with Crippen LogP contribution in [0.25, 0.3) is 0 Å². The second kappa shape index (κ2) is 7.30. The molecule has 1 aromatic rings. The molecule has 0 aromatic heterocycles. The molecule has 0 saturated heterocycles. The molecule has 5 heteroatoms. The van der Waals surface area contributed by atoms with Crippen LogP contribution < -0.4 is 5.43 Å². The highest BCUT2D eigenvalue weighted by Crippen LogP contribution is 2.20. The minimum Gasteiger partial charge on any atom is -0.267 e. The quantitative estimate of drug-likeness (QED) is 0.493. The van der Waals surface area contributed by atoms with Gasteiger partial charge in [0.05, 0.1) is 10.6 Å². The van der Waals surface area contributed by atoms with Crippen LogP contribution in [0.4, 0.5) is 0 Å². The molecule has 0 heterocycles. The Hall–Kier alpha value is -1.06. The van der Waals surface area contributed by atoms with Crippen molar-refractivity contribution in [1.82, 2.24) is 5.43 Å². The average Bonchev–Trinajstić information content (AvgIpc) is 2.28. The van der Waals surface area contributed by atoms with Gasteiger partial charge >= 0.3 is 0 Å². The molecule has 0 spiro atoms. The molecule has 1 aromatic carbocycles. The summed E-state index contributed by atoms with van der Waals surface area (Å²) >= 11 is 11.6. The van der Waals surface area contributed by atoms with Crippen LogP contribution in [0, 0.1) is 0 Å². The van der Waals surface area contributed by atoms with Crippen LogP contribution in [0.2, 0.25) is 10.0 Å². The van der Waals surface area contributed by atoms with Crippen molar-refractivity contribution < 1.29 is 4.79 Å². The van der Waals surface area contributed by atoms with E-state index in [-0.39, 0.29) is 5.91 Å². The van der Waals surface area contributed by atoms with E-state index in [9.17, 15) is 4.79 Å². The number of hydrogen-bond acceptors (Lipinski definition) is 2. The molecule has 0 atom stereocenters. The van der Waals surface area contributed by atoms with Gasteiger partial charge in [-0.15, -0.1) is 0 Å². The number of hydrogen-bond donors (Lipinski definition) is 1. The molecule has 0 unspecified atom stereocenters. The molecule has 1 amide bonds. The van der Waals surface area contributed by atoms with Gasteiger partial charge in [0.2, 0.25) is 0 Å². The lowest BCUT2D eigenvalue weighted by Gasteiger charge is -2.02. The maximum Gasteiger partial charge on any atom is 0.272 e. The summed E-state index contributed by atoms with van der Waals surface area (Å²) in [6, 6.07) is 4.71. The first-order chi connectivity index (χ1) is 8.15. The second-order valence-electron chi connectivity index (χ2n) is 3.52. The Morgan fingerprint density at radius 3 is 2.88 bits per heavy atom. The van der Waals surface area contributed by atoms with Gasteiger partial charge in [-0.25, -0.2) is 5.43 Å². The topological polar surface area (TPSA) is 41.5 Å². The number of amides is 1. The van der Waals surface area contributed by atoms with Crippen LogP contribution in [-0.4, -0.2) is 12.1 Å². The Balaban J connectivity index is 2.55. The first kappa shape index (κ1) is 14.0. The van der Waals surface area contributed by atoms with Crippen molar-refractivity contribution in [1.29, 1.82) is 0 Å². The largest absolute Gasteiger partial charge is 0.272 e. The fraction of sp³-hybridized carbons (Fsp3) is 0.333. The Kier molecular flexibility index (Phi) is 6.01. The third kappa shape index (κ3) is 4.75. The number of unbranched alkanes of at least 4 members (excludes halogenated alkanes) is 2. The number of rotatable bonds is 5. The molecule has 0 bridgehead atoms.